The molecule has 0 saturated heterocycles. The van der Waals surface area contributed by atoms with Gasteiger partial charge in [-0.25, -0.2) is 15.8 Å². The number of hydrazine groups is 1. The second kappa shape index (κ2) is 4.60. The van der Waals surface area contributed by atoms with E-state index in [4.69, 9.17) is 5.84 Å². The van der Waals surface area contributed by atoms with Crippen LogP contribution < -0.4 is 11.3 Å². The zero-order valence-corrected chi connectivity index (χ0v) is 11.6. The number of nitrogen functional groups attached to an aromatic ring is 1. The van der Waals surface area contributed by atoms with Crippen LogP contribution in [0, 0.1) is 13.8 Å². The van der Waals surface area contributed by atoms with Crippen LogP contribution in [-0.4, -0.2) is 9.97 Å². The number of nitrogens with one attached hydrogen (secondary N) is 1. The summed E-state index contributed by atoms with van der Waals surface area (Å²) < 4.78 is 0. The molecule has 1 aromatic carbocycles. The minimum Gasteiger partial charge on any atom is -0.308 e. The lowest BCUT2D eigenvalue weighted by Crippen LogP contribution is -2.09. The lowest BCUT2D eigenvalue weighted by atomic mass is 10.1. The van der Waals surface area contributed by atoms with E-state index in [0.29, 0.717) is 11.6 Å². The van der Waals surface area contributed by atoms with Crippen LogP contribution in [0.2, 0.25) is 0 Å². The van der Waals surface area contributed by atoms with Crippen molar-refractivity contribution in [2.24, 2.45) is 5.84 Å². The summed E-state index contributed by atoms with van der Waals surface area (Å²) in [6.45, 7) is 4.11. The van der Waals surface area contributed by atoms with E-state index in [9.17, 15) is 0 Å². The molecule has 0 unspecified atom stereocenters. The number of fused-ring (bicyclic) bond motifs is 1. The maximum Gasteiger partial charge on any atom is 0.163 e. The summed E-state index contributed by atoms with van der Waals surface area (Å²) in [6.07, 6.45) is 0. The van der Waals surface area contributed by atoms with Crippen molar-refractivity contribution in [2.45, 2.75) is 13.8 Å². The van der Waals surface area contributed by atoms with Gasteiger partial charge in [-0.2, -0.15) is 0 Å². The molecule has 0 fully saturated rings. The van der Waals surface area contributed by atoms with Crippen molar-refractivity contribution in [3.63, 3.8) is 0 Å². The maximum absolute atomic E-state index is 5.57. The zero-order chi connectivity index (χ0) is 13.4. The fourth-order valence-electron chi connectivity index (χ4n) is 2.07. The summed E-state index contributed by atoms with van der Waals surface area (Å²) >= 11 is 1.65. The highest BCUT2D eigenvalue weighted by molar-refractivity contribution is 7.18. The third kappa shape index (κ3) is 2.18. The van der Waals surface area contributed by atoms with Gasteiger partial charge in [0.2, 0.25) is 0 Å². The Bertz CT molecular complexity index is 748. The van der Waals surface area contributed by atoms with Gasteiger partial charge in [-0.1, -0.05) is 23.8 Å². The van der Waals surface area contributed by atoms with Gasteiger partial charge < -0.3 is 5.43 Å². The second-order valence-corrected chi connectivity index (χ2v) is 5.72. The van der Waals surface area contributed by atoms with E-state index in [1.807, 2.05) is 12.1 Å². The molecule has 0 aliphatic carbocycles. The highest BCUT2D eigenvalue weighted by atomic mass is 32.1. The number of aryl methyl sites for hydroxylation is 2. The lowest BCUT2D eigenvalue weighted by molar-refractivity contribution is 1.19. The molecule has 0 aliphatic heterocycles. The average molecular weight is 270 g/mol. The molecular weight excluding hydrogens is 256 g/mol. The molecule has 5 heteroatoms. The summed E-state index contributed by atoms with van der Waals surface area (Å²) in [5.41, 5.74) is 4.85. The molecule has 4 nitrogen and oxygen atoms in total. The van der Waals surface area contributed by atoms with Crippen molar-refractivity contribution in [3.8, 4) is 11.4 Å². The number of hydrogen-bond donors (Lipinski definition) is 2. The van der Waals surface area contributed by atoms with Gasteiger partial charge in [-0.3, -0.25) is 0 Å². The fourth-order valence-corrected chi connectivity index (χ4v) is 2.94. The maximum atomic E-state index is 5.57. The Morgan fingerprint density at radius 3 is 2.74 bits per heavy atom. The van der Waals surface area contributed by atoms with Crippen LogP contribution in [0.25, 0.3) is 21.6 Å². The molecule has 3 rings (SSSR count). The van der Waals surface area contributed by atoms with Crippen LogP contribution in [0.1, 0.15) is 10.4 Å². The number of nitrogens with two attached hydrogens (primary N) is 1. The van der Waals surface area contributed by atoms with E-state index in [0.717, 1.165) is 15.8 Å². The van der Waals surface area contributed by atoms with E-state index >= 15 is 0 Å². The summed E-state index contributed by atoms with van der Waals surface area (Å²) in [5.74, 6) is 6.94. The van der Waals surface area contributed by atoms with Gasteiger partial charge in [-0.15, -0.1) is 11.3 Å². The topological polar surface area (TPSA) is 63.8 Å². The molecule has 2 heterocycles. The van der Waals surface area contributed by atoms with Gasteiger partial charge in [-0.05, 0) is 26.0 Å². The largest absolute Gasteiger partial charge is 0.308 e. The van der Waals surface area contributed by atoms with Crippen molar-refractivity contribution in [2.75, 3.05) is 5.43 Å². The second-order valence-electron chi connectivity index (χ2n) is 4.49. The molecule has 96 valence electrons. The molecule has 3 N–H and O–H groups in total. The summed E-state index contributed by atoms with van der Waals surface area (Å²) in [6, 6.07) is 10.2. The van der Waals surface area contributed by atoms with Gasteiger partial charge in [0.05, 0.1) is 5.39 Å². The molecule has 0 radical (unpaired) electrons. The van der Waals surface area contributed by atoms with Gasteiger partial charge in [0, 0.05) is 10.4 Å². The molecule has 3 aromatic rings. The Morgan fingerprint density at radius 1 is 1.16 bits per heavy atom. The minimum atomic E-state index is 0.672. The first-order valence-corrected chi connectivity index (χ1v) is 6.81. The first-order chi connectivity index (χ1) is 9.17. The molecule has 0 atom stereocenters. The van der Waals surface area contributed by atoms with Gasteiger partial charge in [0.25, 0.3) is 0 Å². The third-order valence-electron chi connectivity index (χ3n) is 2.93. The predicted octanol–water partition coefficient (Wildman–Crippen LogP) is 3.26. The van der Waals surface area contributed by atoms with Crippen molar-refractivity contribution < 1.29 is 0 Å². The minimum absolute atomic E-state index is 0.672. The number of nitrogens with zero attached hydrogens (tertiary/aromatic N) is 2. The van der Waals surface area contributed by atoms with Crippen molar-refractivity contribution in [1.29, 1.82) is 0 Å². The Balaban J connectivity index is 2.24. The monoisotopic (exact) mass is 270 g/mol. The van der Waals surface area contributed by atoms with Crippen molar-refractivity contribution >= 4 is 27.4 Å². The number of aromatic nitrogens is 2. The molecule has 0 bridgehead atoms. The summed E-state index contributed by atoms with van der Waals surface area (Å²) in [5, 5.41) is 0.974. The van der Waals surface area contributed by atoms with E-state index < -0.39 is 0 Å². The molecule has 0 saturated carbocycles. The molecule has 0 amide bonds. The Kier molecular flexibility index (Phi) is 2.93. The molecule has 19 heavy (non-hydrogen) atoms. The third-order valence-corrected chi connectivity index (χ3v) is 3.87. The Morgan fingerprint density at radius 2 is 2.00 bits per heavy atom. The van der Waals surface area contributed by atoms with E-state index in [1.165, 1.54) is 10.4 Å². The predicted molar refractivity (Wildman–Crippen MR) is 80.1 cm³/mol. The van der Waals surface area contributed by atoms with Crippen LogP contribution in [0.15, 0.2) is 30.3 Å². The first-order valence-electron chi connectivity index (χ1n) is 5.99. The SMILES string of the molecule is Cc1cccc(-c2nc(NN)c3cc(C)sc3n2)c1. The molecule has 0 spiro atoms. The van der Waals surface area contributed by atoms with Crippen LogP contribution in [0.5, 0.6) is 0 Å². The van der Waals surface area contributed by atoms with Crippen LogP contribution in [0.4, 0.5) is 5.82 Å². The molecule has 2 aromatic heterocycles. The number of hydrogen-bond acceptors (Lipinski definition) is 5. The lowest BCUT2D eigenvalue weighted by Gasteiger charge is -2.05. The molecular formula is C14H14N4S. The van der Waals surface area contributed by atoms with E-state index in [-0.39, 0.29) is 0 Å². The van der Waals surface area contributed by atoms with Gasteiger partial charge in [0.15, 0.2) is 11.6 Å². The number of benzene rings is 1. The number of anilines is 1. The summed E-state index contributed by atoms with van der Waals surface area (Å²) in [7, 11) is 0. The fraction of sp³-hybridized carbons (Fsp3) is 0.143. The Hall–Kier alpha value is -1.98. The number of thiophene rings is 1. The Labute approximate surface area is 115 Å². The normalized spacial score (nSPS) is 10.9. The van der Waals surface area contributed by atoms with Crippen LogP contribution in [0.3, 0.4) is 0 Å². The van der Waals surface area contributed by atoms with Gasteiger partial charge >= 0.3 is 0 Å². The number of rotatable bonds is 2. The van der Waals surface area contributed by atoms with Crippen molar-refractivity contribution in [1.82, 2.24) is 9.97 Å². The van der Waals surface area contributed by atoms with Crippen LogP contribution >= 0.6 is 11.3 Å². The highest BCUT2D eigenvalue weighted by Gasteiger charge is 2.11. The molecule has 0 aliphatic rings. The highest BCUT2D eigenvalue weighted by Crippen LogP contribution is 2.30. The van der Waals surface area contributed by atoms with E-state index in [2.05, 4.69) is 47.4 Å². The summed E-state index contributed by atoms with van der Waals surface area (Å²) in [4.78, 5) is 11.3. The smallest absolute Gasteiger partial charge is 0.163 e. The average Bonchev–Trinajstić information content (AvgIpc) is 2.77. The van der Waals surface area contributed by atoms with E-state index in [1.54, 1.807) is 11.3 Å². The van der Waals surface area contributed by atoms with Crippen LogP contribution in [-0.2, 0) is 0 Å². The standard InChI is InChI=1S/C14H14N4S/c1-8-4-3-5-10(6-8)12-16-13(18-15)11-7-9(2)19-14(11)17-12/h3-7H,15H2,1-2H3,(H,16,17,18). The quantitative estimate of drug-likeness (QED) is 0.554. The van der Waals surface area contributed by atoms with Gasteiger partial charge in [0.1, 0.15) is 4.83 Å². The zero-order valence-electron chi connectivity index (χ0n) is 10.8. The van der Waals surface area contributed by atoms with Crippen molar-refractivity contribution in [3.05, 3.63) is 40.8 Å². The first kappa shape index (κ1) is 12.1.